The second-order valence-electron chi connectivity index (χ2n) is 3.54. The lowest BCUT2D eigenvalue weighted by molar-refractivity contribution is -0.143. The topological polar surface area (TPSA) is 35.5 Å². The molecule has 0 N–H and O–H groups in total. The van der Waals surface area contributed by atoms with Crippen molar-refractivity contribution in [2.75, 3.05) is 19.8 Å². The number of hydrogen-bond donors (Lipinski definition) is 0. The van der Waals surface area contributed by atoms with Crippen LogP contribution in [0.5, 0.6) is 0 Å². The predicted molar refractivity (Wildman–Crippen MR) is 65.4 cm³/mol. The lowest BCUT2D eigenvalue weighted by atomic mass is 10.1. The molecule has 0 fully saturated rings. The van der Waals surface area contributed by atoms with Crippen molar-refractivity contribution in [3.8, 4) is 0 Å². The zero-order valence-corrected chi connectivity index (χ0v) is 10.5. The molecular formula is C13H24O3. The van der Waals surface area contributed by atoms with Gasteiger partial charge in [0.2, 0.25) is 0 Å². The van der Waals surface area contributed by atoms with Gasteiger partial charge in [0.15, 0.2) is 0 Å². The first-order valence-corrected chi connectivity index (χ1v) is 6.19. The van der Waals surface area contributed by atoms with Crippen LogP contribution in [0.2, 0.25) is 0 Å². The van der Waals surface area contributed by atoms with E-state index in [1.165, 1.54) is 0 Å². The van der Waals surface area contributed by atoms with E-state index in [1.807, 2.05) is 13.8 Å². The van der Waals surface area contributed by atoms with E-state index in [-0.39, 0.29) is 5.97 Å². The maximum absolute atomic E-state index is 11.0. The number of carbonyl (C=O) groups is 1. The first kappa shape index (κ1) is 15.2. The average molecular weight is 228 g/mol. The van der Waals surface area contributed by atoms with Crippen LogP contribution >= 0.6 is 0 Å². The van der Waals surface area contributed by atoms with Gasteiger partial charge in [-0.2, -0.15) is 0 Å². The summed E-state index contributed by atoms with van der Waals surface area (Å²) in [6, 6.07) is 0. The van der Waals surface area contributed by atoms with Crippen LogP contribution in [0.1, 0.15) is 46.0 Å². The molecule has 0 bridgehead atoms. The Bertz CT molecular complexity index is 188. The molecule has 0 saturated heterocycles. The smallest absolute Gasteiger partial charge is 0.305 e. The fourth-order valence-electron chi connectivity index (χ4n) is 1.31. The quantitative estimate of drug-likeness (QED) is 0.327. The molecule has 0 aliphatic heterocycles. The van der Waals surface area contributed by atoms with Crippen molar-refractivity contribution in [3.63, 3.8) is 0 Å². The Balaban J connectivity index is 3.15. The summed E-state index contributed by atoms with van der Waals surface area (Å²) in [5, 5.41) is 0. The van der Waals surface area contributed by atoms with E-state index < -0.39 is 0 Å². The Morgan fingerprint density at radius 2 is 1.88 bits per heavy atom. The molecule has 0 unspecified atom stereocenters. The summed E-state index contributed by atoms with van der Waals surface area (Å²) in [5.41, 5.74) is 0. The number of esters is 1. The van der Waals surface area contributed by atoms with E-state index in [9.17, 15) is 4.79 Å². The summed E-state index contributed by atoms with van der Waals surface area (Å²) in [6.45, 7) is 5.78. The Hall–Kier alpha value is -0.830. The van der Waals surface area contributed by atoms with Crippen LogP contribution in [0.4, 0.5) is 0 Å². The second kappa shape index (κ2) is 12.2. The van der Waals surface area contributed by atoms with Gasteiger partial charge in [-0.05, 0) is 33.1 Å². The van der Waals surface area contributed by atoms with Gasteiger partial charge in [0.25, 0.3) is 0 Å². The Kier molecular flexibility index (Phi) is 11.6. The number of unbranched alkanes of at least 4 members (excludes halogenated alkanes) is 3. The summed E-state index contributed by atoms with van der Waals surface area (Å²) in [6.07, 6.45) is 8.94. The molecule has 0 radical (unpaired) electrons. The molecule has 0 heterocycles. The van der Waals surface area contributed by atoms with E-state index in [0.29, 0.717) is 19.6 Å². The molecule has 3 nitrogen and oxygen atoms in total. The fourth-order valence-corrected chi connectivity index (χ4v) is 1.31. The molecule has 0 aromatic rings. The van der Waals surface area contributed by atoms with Crippen molar-refractivity contribution < 1.29 is 14.3 Å². The Morgan fingerprint density at radius 3 is 2.56 bits per heavy atom. The molecule has 0 aliphatic carbocycles. The maximum atomic E-state index is 11.0. The minimum absolute atomic E-state index is 0.0746. The summed E-state index contributed by atoms with van der Waals surface area (Å²) < 4.78 is 10.0. The van der Waals surface area contributed by atoms with Crippen LogP contribution in [-0.2, 0) is 14.3 Å². The largest absolute Gasteiger partial charge is 0.466 e. The summed E-state index contributed by atoms with van der Waals surface area (Å²) >= 11 is 0. The third-order valence-corrected chi connectivity index (χ3v) is 2.14. The molecule has 0 saturated carbocycles. The number of ether oxygens (including phenoxy) is 2. The Morgan fingerprint density at radius 1 is 1.06 bits per heavy atom. The van der Waals surface area contributed by atoms with Crippen molar-refractivity contribution in [2.45, 2.75) is 46.0 Å². The van der Waals surface area contributed by atoms with Gasteiger partial charge in [0.05, 0.1) is 13.2 Å². The first-order valence-electron chi connectivity index (χ1n) is 6.19. The summed E-state index contributed by atoms with van der Waals surface area (Å²) in [7, 11) is 0. The third kappa shape index (κ3) is 11.2. The van der Waals surface area contributed by atoms with Gasteiger partial charge in [0.1, 0.15) is 0 Å². The highest BCUT2D eigenvalue weighted by atomic mass is 16.5. The highest BCUT2D eigenvalue weighted by Crippen LogP contribution is 2.04. The third-order valence-electron chi connectivity index (χ3n) is 2.14. The molecule has 0 atom stereocenters. The summed E-state index contributed by atoms with van der Waals surface area (Å²) in [4.78, 5) is 11.0. The standard InChI is InChI=1S/C13H24O3/c1-3-15-12-10-8-6-5-7-9-11-13(14)16-4-2/h8,10H,3-7,9,11-12H2,1-2H3. The molecule has 0 rings (SSSR count). The monoisotopic (exact) mass is 228 g/mol. The van der Waals surface area contributed by atoms with Gasteiger partial charge in [-0.3, -0.25) is 4.79 Å². The predicted octanol–water partition coefficient (Wildman–Crippen LogP) is 3.09. The van der Waals surface area contributed by atoms with Crippen LogP contribution in [-0.4, -0.2) is 25.8 Å². The van der Waals surface area contributed by atoms with Gasteiger partial charge < -0.3 is 9.47 Å². The number of hydrogen-bond acceptors (Lipinski definition) is 3. The van der Waals surface area contributed by atoms with Crippen LogP contribution in [0.25, 0.3) is 0 Å². The maximum Gasteiger partial charge on any atom is 0.305 e. The van der Waals surface area contributed by atoms with Crippen molar-refractivity contribution >= 4 is 5.97 Å². The van der Waals surface area contributed by atoms with Gasteiger partial charge in [0, 0.05) is 13.0 Å². The summed E-state index contributed by atoms with van der Waals surface area (Å²) in [5.74, 6) is -0.0746. The minimum atomic E-state index is -0.0746. The van der Waals surface area contributed by atoms with Crippen molar-refractivity contribution in [1.29, 1.82) is 0 Å². The number of carbonyl (C=O) groups excluding carboxylic acids is 1. The first-order chi connectivity index (χ1) is 7.81. The molecular weight excluding hydrogens is 204 g/mol. The highest BCUT2D eigenvalue weighted by molar-refractivity contribution is 5.69. The highest BCUT2D eigenvalue weighted by Gasteiger charge is 1.99. The molecule has 3 heteroatoms. The van der Waals surface area contributed by atoms with Gasteiger partial charge >= 0.3 is 5.97 Å². The van der Waals surface area contributed by atoms with E-state index >= 15 is 0 Å². The van der Waals surface area contributed by atoms with E-state index in [2.05, 4.69) is 12.2 Å². The molecule has 0 spiro atoms. The molecule has 0 amide bonds. The number of rotatable bonds is 10. The SMILES string of the molecule is CCOCC=CCCCCCC(=O)OCC. The zero-order valence-electron chi connectivity index (χ0n) is 10.5. The number of allylic oxidation sites excluding steroid dienone is 1. The fraction of sp³-hybridized carbons (Fsp3) is 0.769. The molecule has 0 aliphatic rings. The molecule has 0 aromatic carbocycles. The van der Waals surface area contributed by atoms with E-state index in [0.717, 1.165) is 32.3 Å². The van der Waals surface area contributed by atoms with Crippen LogP contribution in [0.3, 0.4) is 0 Å². The van der Waals surface area contributed by atoms with Crippen LogP contribution < -0.4 is 0 Å². The lowest BCUT2D eigenvalue weighted by Gasteiger charge is -2.00. The normalized spacial score (nSPS) is 10.9. The second-order valence-corrected chi connectivity index (χ2v) is 3.54. The molecule has 0 aromatic heterocycles. The van der Waals surface area contributed by atoms with Crippen molar-refractivity contribution in [1.82, 2.24) is 0 Å². The van der Waals surface area contributed by atoms with E-state index in [1.54, 1.807) is 0 Å². The van der Waals surface area contributed by atoms with Crippen molar-refractivity contribution in [3.05, 3.63) is 12.2 Å². The lowest BCUT2D eigenvalue weighted by Crippen LogP contribution is -2.02. The van der Waals surface area contributed by atoms with Gasteiger partial charge in [-0.15, -0.1) is 0 Å². The molecule has 94 valence electrons. The Labute approximate surface area is 98.8 Å². The average Bonchev–Trinajstić information content (AvgIpc) is 2.27. The van der Waals surface area contributed by atoms with Crippen LogP contribution in [0, 0.1) is 0 Å². The van der Waals surface area contributed by atoms with Crippen molar-refractivity contribution in [2.24, 2.45) is 0 Å². The minimum Gasteiger partial charge on any atom is -0.466 e. The van der Waals surface area contributed by atoms with Gasteiger partial charge in [-0.25, -0.2) is 0 Å². The van der Waals surface area contributed by atoms with Gasteiger partial charge in [-0.1, -0.05) is 18.6 Å². The van der Waals surface area contributed by atoms with E-state index in [4.69, 9.17) is 9.47 Å². The zero-order chi connectivity index (χ0) is 12.1. The molecule has 16 heavy (non-hydrogen) atoms. The van der Waals surface area contributed by atoms with Crippen LogP contribution in [0.15, 0.2) is 12.2 Å².